The summed E-state index contributed by atoms with van der Waals surface area (Å²) < 4.78 is 13.0. The van der Waals surface area contributed by atoms with Crippen molar-refractivity contribution in [3.05, 3.63) is 52.8 Å². The van der Waals surface area contributed by atoms with Crippen LogP contribution in [0.5, 0.6) is 0 Å². The molecule has 1 saturated heterocycles. The van der Waals surface area contributed by atoms with Crippen molar-refractivity contribution in [1.82, 2.24) is 19.8 Å². The molecule has 0 amide bonds. The Morgan fingerprint density at radius 2 is 1.86 bits per heavy atom. The van der Waals surface area contributed by atoms with E-state index in [2.05, 4.69) is 19.8 Å². The number of aromatic amines is 1. The lowest BCUT2D eigenvalue weighted by Crippen LogP contribution is -2.45. The van der Waals surface area contributed by atoms with Crippen molar-refractivity contribution in [2.75, 3.05) is 26.2 Å². The maximum absolute atomic E-state index is 13.0. The quantitative estimate of drug-likeness (QED) is 0.942. The van der Waals surface area contributed by atoms with E-state index in [4.69, 9.17) is 11.6 Å². The molecule has 1 aliphatic rings. The zero-order valence-corrected chi connectivity index (χ0v) is 12.5. The van der Waals surface area contributed by atoms with Crippen LogP contribution in [-0.2, 0) is 13.1 Å². The van der Waals surface area contributed by atoms with Crippen LogP contribution in [0.1, 0.15) is 11.4 Å². The van der Waals surface area contributed by atoms with Gasteiger partial charge in [-0.2, -0.15) is 0 Å². The zero-order chi connectivity index (χ0) is 14.7. The Labute approximate surface area is 128 Å². The molecule has 2 heterocycles. The van der Waals surface area contributed by atoms with Crippen LogP contribution in [0.15, 0.2) is 30.6 Å². The molecule has 0 atom stereocenters. The Hall–Kier alpha value is -1.43. The van der Waals surface area contributed by atoms with E-state index in [0.717, 1.165) is 50.7 Å². The summed E-state index contributed by atoms with van der Waals surface area (Å²) in [5, 5.41) is 0.507. The normalized spacial score (nSPS) is 17.2. The topological polar surface area (TPSA) is 35.2 Å². The van der Waals surface area contributed by atoms with Crippen molar-refractivity contribution < 1.29 is 4.39 Å². The van der Waals surface area contributed by atoms with Gasteiger partial charge in [0, 0.05) is 50.1 Å². The minimum absolute atomic E-state index is 0.285. The molecule has 0 spiro atoms. The summed E-state index contributed by atoms with van der Waals surface area (Å²) in [6.07, 6.45) is 3.63. The van der Waals surface area contributed by atoms with E-state index < -0.39 is 0 Å². The summed E-state index contributed by atoms with van der Waals surface area (Å²) in [5.74, 6) is 0.719. The van der Waals surface area contributed by atoms with Gasteiger partial charge in [0.15, 0.2) is 0 Å². The van der Waals surface area contributed by atoms with Gasteiger partial charge in [0.1, 0.15) is 11.6 Å². The van der Waals surface area contributed by atoms with E-state index in [0.29, 0.717) is 5.02 Å². The third-order valence-corrected chi connectivity index (χ3v) is 4.15. The standard InChI is InChI=1S/C15H18ClFN4/c16-14-9-13(17)2-1-12(14)10-20-5-7-21(8-6-20)11-15-18-3-4-19-15/h1-4,9H,5-8,10-11H2,(H,18,19). The van der Waals surface area contributed by atoms with Crippen molar-refractivity contribution in [1.29, 1.82) is 0 Å². The fraction of sp³-hybridized carbons (Fsp3) is 0.400. The molecule has 2 aromatic rings. The van der Waals surface area contributed by atoms with E-state index in [1.54, 1.807) is 12.3 Å². The van der Waals surface area contributed by atoms with Gasteiger partial charge in [-0.3, -0.25) is 9.80 Å². The third kappa shape index (κ3) is 3.81. The Morgan fingerprint density at radius 3 is 2.48 bits per heavy atom. The molecular formula is C15H18ClFN4. The van der Waals surface area contributed by atoms with Crippen LogP contribution in [-0.4, -0.2) is 45.9 Å². The monoisotopic (exact) mass is 308 g/mol. The molecule has 1 N–H and O–H groups in total. The van der Waals surface area contributed by atoms with Crippen molar-refractivity contribution in [3.8, 4) is 0 Å². The van der Waals surface area contributed by atoms with E-state index in [1.807, 2.05) is 6.20 Å². The van der Waals surface area contributed by atoms with E-state index in [-0.39, 0.29) is 5.82 Å². The number of hydrogen-bond donors (Lipinski definition) is 1. The van der Waals surface area contributed by atoms with Crippen molar-refractivity contribution in [3.63, 3.8) is 0 Å². The molecule has 1 aliphatic heterocycles. The number of halogens is 2. The molecule has 0 radical (unpaired) electrons. The third-order valence-electron chi connectivity index (χ3n) is 3.80. The van der Waals surface area contributed by atoms with Crippen LogP contribution in [0.25, 0.3) is 0 Å². The first-order chi connectivity index (χ1) is 10.2. The van der Waals surface area contributed by atoms with Gasteiger partial charge in [0.2, 0.25) is 0 Å². The molecule has 6 heteroatoms. The van der Waals surface area contributed by atoms with Crippen LogP contribution < -0.4 is 0 Å². The second-order valence-corrected chi connectivity index (χ2v) is 5.73. The van der Waals surface area contributed by atoms with E-state index >= 15 is 0 Å². The van der Waals surface area contributed by atoms with Gasteiger partial charge in [-0.15, -0.1) is 0 Å². The molecule has 1 aromatic carbocycles. The first kappa shape index (κ1) is 14.5. The number of imidazole rings is 1. The average molecular weight is 309 g/mol. The molecular weight excluding hydrogens is 291 g/mol. The lowest BCUT2D eigenvalue weighted by molar-refractivity contribution is 0.120. The SMILES string of the molecule is Fc1ccc(CN2CCN(Cc3ncc[nH]3)CC2)c(Cl)c1. The van der Waals surface area contributed by atoms with E-state index in [1.165, 1.54) is 12.1 Å². The van der Waals surface area contributed by atoms with Crippen LogP contribution in [0.2, 0.25) is 5.02 Å². The Kier molecular flexibility index (Phi) is 4.53. The molecule has 0 saturated carbocycles. The zero-order valence-electron chi connectivity index (χ0n) is 11.7. The summed E-state index contributed by atoms with van der Waals surface area (Å²) >= 11 is 6.08. The second-order valence-electron chi connectivity index (χ2n) is 5.32. The first-order valence-electron chi connectivity index (χ1n) is 7.07. The van der Waals surface area contributed by atoms with Crippen LogP contribution in [0.4, 0.5) is 4.39 Å². The summed E-state index contributed by atoms with van der Waals surface area (Å²) in [7, 11) is 0. The number of aromatic nitrogens is 2. The van der Waals surface area contributed by atoms with Gasteiger partial charge in [-0.05, 0) is 17.7 Å². The number of benzene rings is 1. The number of H-pyrrole nitrogens is 1. The van der Waals surface area contributed by atoms with Gasteiger partial charge in [-0.1, -0.05) is 17.7 Å². The molecule has 21 heavy (non-hydrogen) atoms. The van der Waals surface area contributed by atoms with Crippen LogP contribution in [0.3, 0.4) is 0 Å². The Bertz CT molecular complexity index is 579. The maximum atomic E-state index is 13.0. The van der Waals surface area contributed by atoms with Gasteiger partial charge in [0.05, 0.1) is 6.54 Å². The van der Waals surface area contributed by atoms with Gasteiger partial charge < -0.3 is 4.98 Å². The number of rotatable bonds is 4. The Morgan fingerprint density at radius 1 is 1.14 bits per heavy atom. The van der Waals surface area contributed by atoms with Crippen molar-refractivity contribution in [2.24, 2.45) is 0 Å². The van der Waals surface area contributed by atoms with Crippen LogP contribution >= 0.6 is 11.6 Å². The fourth-order valence-corrected chi connectivity index (χ4v) is 2.82. The lowest BCUT2D eigenvalue weighted by Gasteiger charge is -2.34. The minimum atomic E-state index is -0.285. The highest BCUT2D eigenvalue weighted by molar-refractivity contribution is 6.31. The lowest BCUT2D eigenvalue weighted by atomic mass is 10.2. The summed E-state index contributed by atoms with van der Waals surface area (Å²) in [5.41, 5.74) is 0.984. The van der Waals surface area contributed by atoms with Crippen molar-refractivity contribution in [2.45, 2.75) is 13.1 Å². The molecule has 4 nitrogen and oxygen atoms in total. The summed E-state index contributed by atoms with van der Waals surface area (Å²) in [4.78, 5) is 12.1. The highest BCUT2D eigenvalue weighted by atomic mass is 35.5. The summed E-state index contributed by atoms with van der Waals surface area (Å²) in [6, 6.07) is 4.62. The molecule has 112 valence electrons. The molecule has 0 bridgehead atoms. The number of piperazine rings is 1. The molecule has 1 aromatic heterocycles. The van der Waals surface area contributed by atoms with Gasteiger partial charge in [-0.25, -0.2) is 9.37 Å². The molecule has 1 fully saturated rings. The predicted molar refractivity (Wildman–Crippen MR) is 80.6 cm³/mol. The predicted octanol–water partition coefficient (Wildman–Crippen LogP) is 2.52. The molecule has 0 unspecified atom stereocenters. The smallest absolute Gasteiger partial charge is 0.124 e. The van der Waals surface area contributed by atoms with Crippen LogP contribution in [0, 0.1) is 5.82 Å². The van der Waals surface area contributed by atoms with Crippen molar-refractivity contribution >= 4 is 11.6 Å². The summed E-state index contributed by atoms with van der Waals surface area (Å²) in [6.45, 7) is 5.59. The molecule has 3 rings (SSSR count). The second kappa shape index (κ2) is 6.56. The fourth-order valence-electron chi connectivity index (χ4n) is 2.59. The largest absolute Gasteiger partial charge is 0.348 e. The minimum Gasteiger partial charge on any atom is -0.348 e. The van der Waals surface area contributed by atoms with Gasteiger partial charge >= 0.3 is 0 Å². The van der Waals surface area contributed by atoms with Gasteiger partial charge in [0.25, 0.3) is 0 Å². The highest BCUT2D eigenvalue weighted by Gasteiger charge is 2.18. The number of nitrogens with zero attached hydrogens (tertiary/aromatic N) is 3. The Balaban J connectivity index is 1.51. The average Bonchev–Trinajstić information content (AvgIpc) is 2.97. The number of hydrogen-bond acceptors (Lipinski definition) is 3. The first-order valence-corrected chi connectivity index (χ1v) is 7.45. The molecule has 0 aliphatic carbocycles. The van der Waals surface area contributed by atoms with E-state index in [9.17, 15) is 4.39 Å². The highest BCUT2D eigenvalue weighted by Crippen LogP contribution is 2.19. The maximum Gasteiger partial charge on any atom is 0.124 e. The number of nitrogens with one attached hydrogen (secondary N) is 1.